The zero-order valence-corrected chi connectivity index (χ0v) is 10.4. The van der Waals surface area contributed by atoms with Crippen molar-refractivity contribution in [3.05, 3.63) is 27.9 Å². The second-order valence-electron chi connectivity index (χ2n) is 4.30. The summed E-state index contributed by atoms with van der Waals surface area (Å²) in [6.45, 7) is 2.89. The highest BCUT2D eigenvalue weighted by Crippen LogP contribution is 2.28. The van der Waals surface area contributed by atoms with Gasteiger partial charge in [0.15, 0.2) is 0 Å². The normalized spacial score (nSPS) is 19.2. The molecule has 1 fully saturated rings. The molecule has 8 nitrogen and oxygen atoms in total. The number of carboxylic acid groups (broad SMARTS) is 1. The standard InChI is InChI=1S/C11H14N4O4/c1-7-2-3-8(15(18)19)10(13-7)14-5-4-12-6-9(14)11(16)17/h2-3,9,12H,4-6H2,1H3,(H,16,17). The number of aliphatic carboxylic acids is 1. The van der Waals surface area contributed by atoms with Crippen molar-refractivity contribution in [2.75, 3.05) is 24.5 Å². The molecule has 1 saturated heterocycles. The van der Waals surface area contributed by atoms with Crippen LogP contribution in [0.15, 0.2) is 12.1 Å². The van der Waals surface area contributed by atoms with Crippen LogP contribution in [0.5, 0.6) is 0 Å². The molecule has 0 saturated carbocycles. The number of pyridine rings is 1. The van der Waals surface area contributed by atoms with Gasteiger partial charge in [0.1, 0.15) is 6.04 Å². The van der Waals surface area contributed by atoms with E-state index in [4.69, 9.17) is 0 Å². The zero-order chi connectivity index (χ0) is 14.0. The topological polar surface area (TPSA) is 109 Å². The van der Waals surface area contributed by atoms with Gasteiger partial charge in [-0.05, 0) is 13.0 Å². The molecule has 1 aliphatic heterocycles. The second kappa shape index (κ2) is 5.19. The molecule has 1 unspecified atom stereocenters. The molecule has 1 atom stereocenters. The van der Waals surface area contributed by atoms with Gasteiger partial charge in [-0.25, -0.2) is 9.78 Å². The van der Waals surface area contributed by atoms with Crippen molar-refractivity contribution in [3.63, 3.8) is 0 Å². The maximum Gasteiger partial charge on any atom is 0.327 e. The highest BCUT2D eigenvalue weighted by molar-refractivity contribution is 5.79. The first-order valence-electron chi connectivity index (χ1n) is 5.83. The summed E-state index contributed by atoms with van der Waals surface area (Å²) in [6.07, 6.45) is 0. The van der Waals surface area contributed by atoms with Gasteiger partial charge >= 0.3 is 11.7 Å². The van der Waals surface area contributed by atoms with Gasteiger partial charge in [-0.1, -0.05) is 0 Å². The molecule has 2 rings (SSSR count). The molecule has 0 aliphatic carbocycles. The fraction of sp³-hybridized carbons (Fsp3) is 0.455. The second-order valence-corrected chi connectivity index (χ2v) is 4.30. The van der Waals surface area contributed by atoms with E-state index in [1.807, 2.05) is 0 Å². The van der Waals surface area contributed by atoms with Gasteiger partial charge in [0.25, 0.3) is 0 Å². The Labute approximate surface area is 109 Å². The fourth-order valence-electron chi connectivity index (χ4n) is 2.07. The first-order valence-corrected chi connectivity index (χ1v) is 5.83. The number of aromatic nitrogens is 1. The lowest BCUT2D eigenvalue weighted by atomic mass is 10.2. The van der Waals surface area contributed by atoms with Crippen LogP contribution in [0.4, 0.5) is 11.5 Å². The average molecular weight is 266 g/mol. The molecule has 0 bridgehead atoms. The van der Waals surface area contributed by atoms with E-state index in [-0.39, 0.29) is 18.1 Å². The van der Waals surface area contributed by atoms with Crippen LogP contribution in [0, 0.1) is 17.0 Å². The highest BCUT2D eigenvalue weighted by atomic mass is 16.6. The zero-order valence-electron chi connectivity index (χ0n) is 10.4. The number of nitrogens with zero attached hydrogens (tertiary/aromatic N) is 3. The molecular weight excluding hydrogens is 252 g/mol. The molecule has 2 N–H and O–H groups in total. The van der Waals surface area contributed by atoms with Crippen LogP contribution in [0.3, 0.4) is 0 Å². The van der Waals surface area contributed by atoms with E-state index in [0.717, 1.165) is 0 Å². The highest BCUT2D eigenvalue weighted by Gasteiger charge is 2.33. The van der Waals surface area contributed by atoms with Crippen molar-refractivity contribution in [3.8, 4) is 0 Å². The van der Waals surface area contributed by atoms with Gasteiger partial charge in [0, 0.05) is 31.4 Å². The summed E-state index contributed by atoms with van der Waals surface area (Å²) in [5.74, 6) is -0.899. The lowest BCUT2D eigenvalue weighted by Gasteiger charge is -2.34. The maximum absolute atomic E-state index is 11.2. The average Bonchev–Trinajstić information content (AvgIpc) is 2.38. The van der Waals surface area contributed by atoms with E-state index in [0.29, 0.717) is 18.8 Å². The van der Waals surface area contributed by atoms with Crippen LogP contribution >= 0.6 is 0 Å². The Hall–Kier alpha value is -2.22. The first-order chi connectivity index (χ1) is 9.00. The van der Waals surface area contributed by atoms with Crippen molar-refractivity contribution < 1.29 is 14.8 Å². The van der Waals surface area contributed by atoms with E-state index in [1.165, 1.54) is 11.0 Å². The number of carbonyl (C=O) groups is 1. The van der Waals surface area contributed by atoms with Crippen molar-refractivity contribution in [1.29, 1.82) is 0 Å². The van der Waals surface area contributed by atoms with E-state index in [2.05, 4.69) is 10.3 Å². The van der Waals surface area contributed by atoms with Crippen LogP contribution in [-0.4, -0.2) is 46.7 Å². The van der Waals surface area contributed by atoms with Crippen LogP contribution in [0.25, 0.3) is 0 Å². The van der Waals surface area contributed by atoms with Crippen molar-refractivity contribution in [1.82, 2.24) is 10.3 Å². The smallest absolute Gasteiger partial charge is 0.327 e. The number of anilines is 1. The van der Waals surface area contributed by atoms with Crippen LogP contribution in [0.2, 0.25) is 0 Å². The van der Waals surface area contributed by atoms with Gasteiger partial charge in [-0.15, -0.1) is 0 Å². The van der Waals surface area contributed by atoms with Crippen LogP contribution in [0.1, 0.15) is 5.69 Å². The Morgan fingerprint density at radius 3 is 3.00 bits per heavy atom. The number of rotatable bonds is 3. The molecule has 19 heavy (non-hydrogen) atoms. The quantitative estimate of drug-likeness (QED) is 0.592. The van der Waals surface area contributed by atoms with Crippen LogP contribution < -0.4 is 10.2 Å². The van der Waals surface area contributed by atoms with Gasteiger partial charge in [-0.3, -0.25) is 10.1 Å². The summed E-state index contributed by atoms with van der Waals surface area (Å²) in [5, 5.41) is 23.2. The molecule has 0 aromatic carbocycles. The minimum absolute atomic E-state index is 0.124. The SMILES string of the molecule is Cc1ccc([N+](=O)[O-])c(N2CCNCC2C(=O)O)n1. The van der Waals surface area contributed by atoms with E-state index in [9.17, 15) is 20.0 Å². The molecular formula is C11H14N4O4. The summed E-state index contributed by atoms with van der Waals surface area (Å²) < 4.78 is 0. The molecule has 8 heteroatoms. The van der Waals surface area contributed by atoms with Crippen molar-refractivity contribution >= 4 is 17.5 Å². The molecule has 1 aliphatic rings. The van der Waals surface area contributed by atoms with E-state index in [1.54, 1.807) is 13.0 Å². The Morgan fingerprint density at radius 1 is 1.63 bits per heavy atom. The minimum atomic E-state index is -1.02. The van der Waals surface area contributed by atoms with Gasteiger partial charge in [0.2, 0.25) is 5.82 Å². The van der Waals surface area contributed by atoms with Gasteiger partial charge < -0.3 is 15.3 Å². The molecule has 2 heterocycles. The van der Waals surface area contributed by atoms with Gasteiger partial charge in [-0.2, -0.15) is 0 Å². The number of carboxylic acids is 1. The number of hydrogen-bond donors (Lipinski definition) is 2. The fourth-order valence-corrected chi connectivity index (χ4v) is 2.07. The molecule has 1 aromatic heterocycles. The predicted octanol–water partition coefficient (Wildman–Crippen LogP) is 0.161. The third-order valence-corrected chi connectivity index (χ3v) is 2.99. The van der Waals surface area contributed by atoms with Crippen molar-refractivity contribution in [2.45, 2.75) is 13.0 Å². The number of aryl methyl sites for hydroxylation is 1. The lowest BCUT2D eigenvalue weighted by molar-refractivity contribution is -0.384. The van der Waals surface area contributed by atoms with Gasteiger partial charge in [0.05, 0.1) is 4.92 Å². The summed E-state index contributed by atoms with van der Waals surface area (Å²) in [4.78, 5) is 27.3. The van der Waals surface area contributed by atoms with E-state index < -0.39 is 16.9 Å². The maximum atomic E-state index is 11.2. The number of piperazine rings is 1. The number of hydrogen-bond acceptors (Lipinski definition) is 6. The Balaban J connectivity index is 2.46. The monoisotopic (exact) mass is 266 g/mol. The third kappa shape index (κ3) is 2.63. The predicted molar refractivity (Wildman–Crippen MR) is 67.3 cm³/mol. The van der Waals surface area contributed by atoms with E-state index >= 15 is 0 Å². The molecule has 0 amide bonds. The summed E-state index contributed by atoms with van der Waals surface area (Å²) in [7, 11) is 0. The molecule has 0 spiro atoms. The summed E-state index contributed by atoms with van der Waals surface area (Å²) in [5.41, 5.74) is 0.446. The summed E-state index contributed by atoms with van der Waals surface area (Å²) >= 11 is 0. The third-order valence-electron chi connectivity index (χ3n) is 2.99. The first kappa shape index (κ1) is 13.2. The largest absolute Gasteiger partial charge is 0.480 e. The minimum Gasteiger partial charge on any atom is -0.480 e. The summed E-state index contributed by atoms with van der Waals surface area (Å²) in [6, 6.07) is 2.06. The van der Waals surface area contributed by atoms with Crippen LogP contribution in [-0.2, 0) is 4.79 Å². The lowest BCUT2D eigenvalue weighted by Crippen LogP contribution is -2.55. The van der Waals surface area contributed by atoms with Crippen molar-refractivity contribution in [2.24, 2.45) is 0 Å². The Bertz CT molecular complexity index is 519. The molecule has 102 valence electrons. The Morgan fingerprint density at radius 2 is 2.37 bits per heavy atom. The number of nitrogens with one attached hydrogen (secondary N) is 1. The number of nitro groups is 1. The molecule has 1 aromatic rings. The Kier molecular flexibility index (Phi) is 3.61. The molecule has 0 radical (unpaired) electrons.